The number of esters is 1. The van der Waals surface area contributed by atoms with Crippen LogP contribution in [0.2, 0.25) is 0 Å². The predicted octanol–water partition coefficient (Wildman–Crippen LogP) is 3.98. The Labute approximate surface area is 144 Å². The number of hydrogen-bond donors (Lipinski definition) is 0. The smallest absolute Gasteiger partial charge is 0.345 e. The van der Waals surface area contributed by atoms with Crippen LogP contribution in [0.15, 0.2) is 11.1 Å². The molecule has 3 radical (unpaired) electrons. The van der Waals surface area contributed by atoms with Gasteiger partial charge in [-0.25, -0.2) is 9.59 Å². The number of carbonyl (C=O) groups excluding carboxylic acids is 2. The normalized spacial score (nSPS) is 14.0. The van der Waals surface area contributed by atoms with Gasteiger partial charge in [0.25, 0.3) is 0 Å². The third-order valence-electron chi connectivity index (χ3n) is 3.82. The summed E-state index contributed by atoms with van der Waals surface area (Å²) >= 11 is 0. The molecular weight excluding hydrogens is 308 g/mol. The lowest BCUT2D eigenvalue weighted by Gasteiger charge is -2.24. The molecule has 131 valence electrons. The Balaban J connectivity index is 5.59. The highest BCUT2D eigenvalue weighted by Gasteiger charge is 2.29. The number of rotatable bonds is 9. The molecule has 0 bridgehead atoms. The maximum absolute atomic E-state index is 12.7. The van der Waals surface area contributed by atoms with Gasteiger partial charge in [-0.05, 0) is 24.2 Å². The van der Waals surface area contributed by atoms with Crippen molar-refractivity contribution in [3.63, 3.8) is 0 Å². The molecule has 0 saturated heterocycles. The SMILES string of the molecule is CCCCC(OC(=O)/C(=C(\C(=O)O[Si])C(C)C)C(C)C)C(C)C. The molecule has 0 heterocycles. The van der Waals surface area contributed by atoms with Crippen LogP contribution in [0.1, 0.15) is 67.7 Å². The maximum Gasteiger partial charge on any atom is 0.345 e. The zero-order valence-corrected chi connectivity index (χ0v) is 16.6. The van der Waals surface area contributed by atoms with Gasteiger partial charge in [0.2, 0.25) is 0 Å². The molecule has 0 aromatic rings. The summed E-state index contributed by atoms with van der Waals surface area (Å²) in [5, 5.41) is 0. The van der Waals surface area contributed by atoms with Gasteiger partial charge in [0.05, 0.1) is 5.57 Å². The average molecular weight is 340 g/mol. The fourth-order valence-corrected chi connectivity index (χ4v) is 2.61. The fraction of sp³-hybridized carbons (Fsp3) is 0.778. The first-order valence-electron chi connectivity index (χ1n) is 8.50. The minimum absolute atomic E-state index is 0.121. The molecule has 0 N–H and O–H groups in total. The quantitative estimate of drug-likeness (QED) is 0.362. The highest BCUT2D eigenvalue weighted by molar-refractivity contribution is 6.11. The van der Waals surface area contributed by atoms with Crippen LogP contribution in [0, 0.1) is 17.8 Å². The molecule has 4 nitrogen and oxygen atoms in total. The topological polar surface area (TPSA) is 52.6 Å². The van der Waals surface area contributed by atoms with Gasteiger partial charge < -0.3 is 9.16 Å². The fourth-order valence-electron chi connectivity index (χ4n) is 2.50. The number of hydrogen-bond acceptors (Lipinski definition) is 4. The Morgan fingerprint density at radius 1 is 0.913 bits per heavy atom. The van der Waals surface area contributed by atoms with Gasteiger partial charge in [0, 0.05) is 5.57 Å². The molecule has 0 aromatic carbocycles. The van der Waals surface area contributed by atoms with Crippen molar-refractivity contribution in [2.24, 2.45) is 17.8 Å². The highest BCUT2D eigenvalue weighted by Crippen LogP contribution is 2.26. The number of carbonyl (C=O) groups is 2. The predicted molar refractivity (Wildman–Crippen MR) is 92.8 cm³/mol. The maximum atomic E-state index is 12.7. The largest absolute Gasteiger partial charge is 0.513 e. The van der Waals surface area contributed by atoms with Crippen molar-refractivity contribution >= 4 is 22.4 Å². The lowest BCUT2D eigenvalue weighted by molar-refractivity contribution is -0.148. The van der Waals surface area contributed by atoms with Crippen LogP contribution in [0.25, 0.3) is 0 Å². The van der Waals surface area contributed by atoms with E-state index in [1.54, 1.807) is 0 Å². The second kappa shape index (κ2) is 10.6. The first-order valence-corrected chi connectivity index (χ1v) is 8.90. The Bertz CT molecular complexity index is 425. The third kappa shape index (κ3) is 6.90. The summed E-state index contributed by atoms with van der Waals surface area (Å²) in [5.41, 5.74) is 0.781. The second-order valence-corrected chi connectivity index (χ2v) is 7.06. The van der Waals surface area contributed by atoms with Crippen LogP contribution < -0.4 is 0 Å². The van der Waals surface area contributed by atoms with E-state index in [1.165, 1.54) is 0 Å². The Hall–Kier alpha value is -1.10. The number of ether oxygens (including phenoxy) is 1. The van der Waals surface area contributed by atoms with Crippen LogP contribution >= 0.6 is 0 Å². The average Bonchev–Trinajstić information content (AvgIpc) is 2.46. The molecule has 0 aliphatic carbocycles. The summed E-state index contributed by atoms with van der Waals surface area (Å²) in [6.45, 7) is 13.7. The molecule has 0 amide bonds. The van der Waals surface area contributed by atoms with Crippen molar-refractivity contribution in [1.29, 1.82) is 0 Å². The molecule has 0 saturated carbocycles. The Kier molecular flexibility index (Phi) is 10.1. The van der Waals surface area contributed by atoms with E-state index in [0.29, 0.717) is 11.1 Å². The zero-order valence-electron chi connectivity index (χ0n) is 15.6. The minimum Gasteiger partial charge on any atom is -0.513 e. The summed E-state index contributed by atoms with van der Waals surface area (Å²) in [6.07, 6.45) is 2.77. The lowest BCUT2D eigenvalue weighted by Crippen LogP contribution is -2.28. The molecule has 1 atom stereocenters. The van der Waals surface area contributed by atoms with Gasteiger partial charge in [0.1, 0.15) is 6.10 Å². The van der Waals surface area contributed by atoms with E-state index in [-0.39, 0.29) is 23.9 Å². The summed E-state index contributed by atoms with van der Waals surface area (Å²) in [6, 6.07) is 0. The van der Waals surface area contributed by atoms with Crippen LogP contribution in [0.5, 0.6) is 0 Å². The molecule has 5 heteroatoms. The molecule has 0 spiro atoms. The van der Waals surface area contributed by atoms with Gasteiger partial charge in [-0.2, -0.15) is 0 Å². The summed E-state index contributed by atoms with van der Waals surface area (Å²) in [5.74, 6) is -0.951. The van der Waals surface area contributed by atoms with Crippen LogP contribution in [0.3, 0.4) is 0 Å². The van der Waals surface area contributed by atoms with E-state index in [9.17, 15) is 9.59 Å². The van der Waals surface area contributed by atoms with Gasteiger partial charge in [0.15, 0.2) is 0 Å². The van der Waals surface area contributed by atoms with Gasteiger partial charge in [-0.1, -0.05) is 61.3 Å². The van der Waals surface area contributed by atoms with E-state index in [0.717, 1.165) is 19.3 Å². The van der Waals surface area contributed by atoms with Crippen molar-refractivity contribution < 1.29 is 18.8 Å². The van der Waals surface area contributed by atoms with Crippen LogP contribution in [-0.2, 0) is 18.8 Å². The number of unbranched alkanes of at least 4 members (excludes halogenated alkanes) is 1. The van der Waals surface area contributed by atoms with Crippen molar-refractivity contribution in [1.82, 2.24) is 0 Å². The third-order valence-corrected chi connectivity index (χ3v) is 4.01. The summed E-state index contributed by atoms with van der Waals surface area (Å²) in [7, 11) is 2.77. The van der Waals surface area contributed by atoms with Crippen molar-refractivity contribution in [2.75, 3.05) is 0 Å². The minimum atomic E-state index is -0.535. The van der Waals surface area contributed by atoms with Crippen LogP contribution in [0.4, 0.5) is 0 Å². The van der Waals surface area contributed by atoms with E-state index in [2.05, 4.69) is 21.8 Å². The zero-order chi connectivity index (χ0) is 18.2. The monoisotopic (exact) mass is 339 g/mol. The molecule has 0 fully saturated rings. The molecule has 0 aliphatic rings. The molecular formula is C18H31O4Si. The van der Waals surface area contributed by atoms with Gasteiger partial charge in [-0.15, -0.1) is 0 Å². The van der Waals surface area contributed by atoms with Crippen molar-refractivity contribution in [3.05, 3.63) is 11.1 Å². The molecule has 0 rings (SSSR count). The Morgan fingerprint density at radius 3 is 1.74 bits per heavy atom. The Morgan fingerprint density at radius 2 is 1.39 bits per heavy atom. The standard InChI is InChI=1S/C18H31O4Si/c1-8-9-10-14(11(2)3)21-17(19)15(12(4)5)16(13(6)7)18(20)22-23/h11-14H,8-10H2,1-7H3/b16-15-. The summed E-state index contributed by atoms with van der Waals surface area (Å²) < 4.78 is 10.4. The first-order chi connectivity index (χ1) is 10.7. The van der Waals surface area contributed by atoms with Gasteiger partial charge >= 0.3 is 22.4 Å². The molecule has 1 unspecified atom stereocenters. The van der Waals surface area contributed by atoms with E-state index < -0.39 is 11.9 Å². The molecule has 0 aromatic heterocycles. The molecule has 23 heavy (non-hydrogen) atoms. The van der Waals surface area contributed by atoms with Crippen molar-refractivity contribution in [3.8, 4) is 0 Å². The van der Waals surface area contributed by atoms with E-state index >= 15 is 0 Å². The summed E-state index contributed by atoms with van der Waals surface area (Å²) in [4.78, 5) is 24.8. The first kappa shape index (κ1) is 21.9. The van der Waals surface area contributed by atoms with E-state index in [4.69, 9.17) is 4.74 Å². The second-order valence-electron chi connectivity index (χ2n) is 6.86. The van der Waals surface area contributed by atoms with Gasteiger partial charge in [-0.3, -0.25) is 0 Å². The van der Waals surface area contributed by atoms with E-state index in [1.807, 2.05) is 41.5 Å². The van der Waals surface area contributed by atoms with Crippen LogP contribution in [-0.4, -0.2) is 28.5 Å². The highest BCUT2D eigenvalue weighted by atomic mass is 28.2. The van der Waals surface area contributed by atoms with Crippen molar-refractivity contribution in [2.45, 2.75) is 73.8 Å². The molecule has 0 aliphatic heterocycles. The lowest BCUT2D eigenvalue weighted by atomic mass is 9.90.